The van der Waals surface area contributed by atoms with Crippen LogP contribution >= 0.6 is 0 Å². The van der Waals surface area contributed by atoms with Crippen LogP contribution in [-0.4, -0.2) is 48.1 Å². The number of nitrogens with zero attached hydrogens (tertiary/aromatic N) is 1. The van der Waals surface area contributed by atoms with Gasteiger partial charge in [-0.2, -0.15) is 0 Å². The molecule has 2 amide bonds. The summed E-state index contributed by atoms with van der Waals surface area (Å²) < 4.78 is 5.36. The molecule has 0 aromatic heterocycles. The monoisotopic (exact) mass is 296 g/mol. The van der Waals surface area contributed by atoms with Gasteiger partial charge in [0.15, 0.2) is 0 Å². The molecular formula is C16H28N2O3. The molecule has 1 heterocycles. The molecule has 0 bridgehead atoms. The molecule has 120 valence electrons. The first-order chi connectivity index (χ1) is 10.1. The SMILES string of the molecule is CCOCCCN1C(=O)C2(CCCCC2)NC(=O)CC1C. The molecular weight excluding hydrogens is 268 g/mol. The molecule has 0 aromatic rings. The van der Waals surface area contributed by atoms with Crippen molar-refractivity contribution in [2.75, 3.05) is 19.8 Å². The first-order valence-corrected chi connectivity index (χ1v) is 8.29. The third-order valence-corrected chi connectivity index (χ3v) is 4.66. The fraction of sp³-hybridized carbons (Fsp3) is 0.875. The molecule has 1 unspecified atom stereocenters. The molecule has 2 rings (SSSR count). The molecule has 2 fully saturated rings. The second-order valence-electron chi connectivity index (χ2n) is 6.29. The van der Waals surface area contributed by atoms with Gasteiger partial charge < -0.3 is 15.0 Å². The van der Waals surface area contributed by atoms with E-state index in [0.717, 1.165) is 38.5 Å². The Hall–Kier alpha value is -1.10. The molecule has 1 aliphatic carbocycles. The Labute approximate surface area is 127 Å². The summed E-state index contributed by atoms with van der Waals surface area (Å²) >= 11 is 0. The third kappa shape index (κ3) is 3.76. The Bertz CT molecular complexity index is 378. The van der Waals surface area contributed by atoms with Crippen LogP contribution in [0.15, 0.2) is 0 Å². The van der Waals surface area contributed by atoms with Gasteiger partial charge in [0.2, 0.25) is 11.8 Å². The summed E-state index contributed by atoms with van der Waals surface area (Å²) in [5.41, 5.74) is -0.633. The van der Waals surface area contributed by atoms with E-state index in [1.54, 1.807) is 0 Å². The van der Waals surface area contributed by atoms with E-state index >= 15 is 0 Å². The van der Waals surface area contributed by atoms with Crippen molar-refractivity contribution in [2.24, 2.45) is 0 Å². The van der Waals surface area contributed by atoms with Crippen molar-refractivity contribution >= 4 is 11.8 Å². The number of rotatable bonds is 5. The van der Waals surface area contributed by atoms with E-state index in [1.807, 2.05) is 18.7 Å². The highest BCUT2D eigenvalue weighted by Gasteiger charge is 2.46. The standard InChI is InChI=1S/C16H28N2O3/c1-3-21-11-7-10-18-13(2)12-14(19)17-16(15(18)20)8-5-4-6-9-16/h13H,3-12H2,1-2H3,(H,17,19). The van der Waals surface area contributed by atoms with E-state index in [-0.39, 0.29) is 17.9 Å². The molecule has 1 N–H and O–H groups in total. The minimum atomic E-state index is -0.633. The maximum Gasteiger partial charge on any atom is 0.248 e. The van der Waals surface area contributed by atoms with Crippen LogP contribution in [0.3, 0.4) is 0 Å². The number of ether oxygens (including phenoxy) is 1. The molecule has 1 atom stereocenters. The van der Waals surface area contributed by atoms with Gasteiger partial charge in [-0.15, -0.1) is 0 Å². The number of amides is 2. The van der Waals surface area contributed by atoms with Crippen LogP contribution in [0.25, 0.3) is 0 Å². The molecule has 1 aliphatic heterocycles. The lowest BCUT2D eigenvalue weighted by atomic mass is 9.80. The topological polar surface area (TPSA) is 58.6 Å². The number of carbonyl (C=O) groups excluding carboxylic acids is 2. The second kappa shape index (κ2) is 7.25. The molecule has 2 aliphatic rings. The van der Waals surface area contributed by atoms with Crippen LogP contribution in [0.5, 0.6) is 0 Å². The molecule has 1 spiro atoms. The zero-order valence-corrected chi connectivity index (χ0v) is 13.3. The van der Waals surface area contributed by atoms with Gasteiger partial charge in [-0.05, 0) is 33.1 Å². The number of nitrogens with one attached hydrogen (secondary N) is 1. The van der Waals surface area contributed by atoms with Crippen LogP contribution in [0, 0.1) is 0 Å². The molecule has 0 radical (unpaired) electrons. The highest BCUT2D eigenvalue weighted by Crippen LogP contribution is 2.32. The number of hydrogen-bond acceptors (Lipinski definition) is 3. The highest BCUT2D eigenvalue weighted by atomic mass is 16.5. The Morgan fingerprint density at radius 3 is 2.67 bits per heavy atom. The van der Waals surface area contributed by atoms with Crippen molar-refractivity contribution in [3.63, 3.8) is 0 Å². The molecule has 1 saturated heterocycles. The minimum Gasteiger partial charge on any atom is -0.382 e. The maximum absolute atomic E-state index is 13.0. The first kappa shape index (κ1) is 16.3. The average Bonchev–Trinajstić information content (AvgIpc) is 2.54. The van der Waals surface area contributed by atoms with Gasteiger partial charge in [0.1, 0.15) is 5.54 Å². The second-order valence-corrected chi connectivity index (χ2v) is 6.29. The summed E-state index contributed by atoms with van der Waals surface area (Å²) in [5.74, 6) is 0.141. The van der Waals surface area contributed by atoms with Crippen LogP contribution < -0.4 is 5.32 Å². The van der Waals surface area contributed by atoms with E-state index in [0.29, 0.717) is 26.2 Å². The smallest absolute Gasteiger partial charge is 0.248 e. The molecule has 5 nitrogen and oxygen atoms in total. The maximum atomic E-state index is 13.0. The van der Waals surface area contributed by atoms with Gasteiger partial charge in [0.25, 0.3) is 0 Å². The van der Waals surface area contributed by atoms with E-state index < -0.39 is 5.54 Å². The Morgan fingerprint density at radius 2 is 2.00 bits per heavy atom. The Morgan fingerprint density at radius 1 is 1.29 bits per heavy atom. The molecule has 1 saturated carbocycles. The van der Waals surface area contributed by atoms with Gasteiger partial charge in [-0.3, -0.25) is 9.59 Å². The molecule has 5 heteroatoms. The van der Waals surface area contributed by atoms with Crippen LogP contribution in [-0.2, 0) is 14.3 Å². The fourth-order valence-corrected chi connectivity index (χ4v) is 3.52. The average molecular weight is 296 g/mol. The summed E-state index contributed by atoms with van der Waals surface area (Å²) in [4.78, 5) is 27.0. The van der Waals surface area contributed by atoms with Crippen molar-refractivity contribution in [3.05, 3.63) is 0 Å². The van der Waals surface area contributed by atoms with Crippen molar-refractivity contribution in [3.8, 4) is 0 Å². The minimum absolute atomic E-state index is 0.0186. The van der Waals surface area contributed by atoms with Gasteiger partial charge in [-0.1, -0.05) is 19.3 Å². The third-order valence-electron chi connectivity index (χ3n) is 4.66. The van der Waals surface area contributed by atoms with Crippen molar-refractivity contribution < 1.29 is 14.3 Å². The van der Waals surface area contributed by atoms with Crippen LogP contribution in [0.2, 0.25) is 0 Å². The Balaban J connectivity index is 2.09. The quantitative estimate of drug-likeness (QED) is 0.788. The van der Waals surface area contributed by atoms with Crippen molar-refractivity contribution in [2.45, 2.75) is 70.4 Å². The van der Waals surface area contributed by atoms with Gasteiger partial charge >= 0.3 is 0 Å². The largest absolute Gasteiger partial charge is 0.382 e. The number of carbonyl (C=O) groups is 2. The van der Waals surface area contributed by atoms with Crippen molar-refractivity contribution in [1.82, 2.24) is 10.2 Å². The highest BCUT2D eigenvalue weighted by molar-refractivity contribution is 5.94. The normalized spacial score (nSPS) is 25.8. The fourth-order valence-electron chi connectivity index (χ4n) is 3.52. The molecule has 0 aromatic carbocycles. The summed E-state index contributed by atoms with van der Waals surface area (Å²) in [6.07, 6.45) is 6.00. The summed E-state index contributed by atoms with van der Waals surface area (Å²) in [6, 6.07) is -0.0274. The van der Waals surface area contributed by atoms with Gasteiger partial charge in [0.05, 0.1) is 0 Å². The zero-order valence-electron chi connectivity index (χ0n) is 13.3. The van der Waals surface area contributed by atoms with Crippen LogP contribution in [0.4, 0.5) is 0 Å². The van der Waals surface area contributed by atoms with Crippen molar-refractivity contribution in [1.29, 1.82) is 0 Å². The van der Waals surface area contributed by atoms with Crippen LogP contribution in [0.1, 0.15) is 58.8 Å². The predicted molar refractivity (Wildman–Crippen MR) is 80.9 cm³/mol. The van der Waals surface area contributed by atoms with E-state index in [9.17, 15) is 9.59 Å². The van der Waals surface area contributed by atoms with Gasteiger partial charge in [-0.25, -0.2) is 0 Å². The summed E-state index contributed by atoms with van der Waals surface area (Å²) in [6.45, 7) is 5.99. The predicted octanol–water partition coefficient (Wildman–Crippen LogP) is 1.85. The first-order valence-electron chi connectivity index (χ1n) is 8.29. The molecule has 21 heavy (non-hydrogen) atoms. The van der Waals surface area contributed by atoms with E-state index in [1.165, 1.54) is 0 Å². The van der Waals surface area contributed by atoms with Gasteiger partial charge in [0, 0.05) is 32.2 Å². The summed E-state index contributed by atoms with van der Waals surface area (Å²) in [5, 5.41) is 3.04. The lowest BCUT2D eigenvalue weighted by Gasteiger charge is -2.39. The zero-order chi connectivity index (χ0) is 15.3. The lowest BCUT2D eigenvalue weighted by molar-refractivity contribution is -0.141. The van der Waals surface area contributed by atoms with E-state index in [4.69, 9.17) is 4.74 Å². The summed E-state index contributed by atoms with van der Waals surface area (Å²) in [7, 11) is 0. The number of hydrogen-bond donors (Lipinski definition) is 1. The lowest BCUT2D eigenvalue weighted by Crippen LogP contribution is -2.58. The van der Waals surface area contributed by atoms with E-state index in [2.05, 4.69) is 5.32 Å². The Kier molecular flexibility index (Phi) is 5.62.